The Morgan fingerprint density at radius 3 is 2.28 bits per heavy atom. The molecular weight excluding hydrogens is 316 g/mol. The summed E-state index contributed by atoms with van der Waals surface area (Å²) < 4.78 is 5.31. The van der Waals surface area contributed by atoms with E-state index in [1.807, 2.05) is 18.2 Å². The van der Waals surface area contributed by atoms with Crippen LogP contribution in [0.5, 0.6) is 0 Å². The van der Waals surface area contributed by atoms with Crippen LogP contribution in [0.3, 0.4) is 0 Å². The molecule has 1 aliphatic heterocycles. The van der Waals surface area contributed by atoms with Crippen LogP contribution in [-0.4, -0.2) is 56.0 Å². The van der Waals surface area contributed by atoms with Gasteiger partial charge >= 0.3 is 0 Å². The Morgan fingerprint density at radius 1 is 0.920 bits per heavy atom. The number of benzene rings is 2. The zero-order valence-corrected chi connectivity index (χ0v) is 14.1. The maximum Gasteiger partial charge on any atom is 0.252 e. The van der Waals surface area contributed by atoms with Crippen molar-refractivity contribution in [2.75, 3.05) is 39.4 Å². The van der Waals surface area contributed by atoms with Crippen LogP contribution in [0.4, 0.5) is 0 Å². The molecule has 2 aromatic rings. The van der Waals surface area contributed by atoms with Gasteiger partial charge in [-0.25, -0.2) is 0 Å². The lowest BCUT2D eigenvalue weighted by Gasteiger charge is -2.26. The first kappa shape index (κ1) is 17.3. The minimum Gasteiger partial charge on any atom is -0.379 e. The normalized spacial score (nSPS) is 14.9. The number of nitrogens with one attached hydrogen (secondary N) is 1. The van der Waals surface area contributed by atoms with Crippen molar-refractivity contribution in [2.45, 2.75) is 0 Å². The first-order valence-corrected chi connectivity index (χ1v) is 8.53. The minimum absolute atomic E-state index is 0.139. The van der Waals surface area contributed by atoms with E-state index in [1.165, 1.54) is 0 Å². The van der Waals surface area contributed by atoms with E-state index in [-0.39, 0.29) is 11.7 Å². The van der Waals surface area contributed by atoms with Crippen LogP contribution in [0.25, 0.3) is 0 Å². The van der Waals surface area contributed by atoms with Crippen molar-refractivity contribution in [3.05, 3.63) is 71.3 Å². The SMILES string of the molecule is O=C(NCCN1CCOCC1)c1ccccc1C(=O)c1ccccc1. The molecule has 1 saturated heterocycles. The molecule has 0 radical (unpaired) electrons. The Kier molecular flexibility index (Phi) is 5.93. The second-order valence-corrected chi connectivity index (χ2v) is 5.95. The van der Waals surface area contributed by atoms with E-state index in [2.05, 4.69) is 10.2 Å². The molecule has 1 fully saturated rings. The fraction of sp³-hybridized carbons (Fsp3) is 0.300. The summed E-state index contributed by atoms with van der Waals surface area (Å²) in [6.07, 6.45) is 0. The zero-order chi connectivity index (χ0) is 17.5. The van der Waals surface area contributed by atoms with E-state index in [9.17, 15) is 9.59 Å². The van der Waals surface area contributed by atoms with Crippen molar-refractivity contribution in [2.24, 2.45) is 0 Å². The summed E-state index contributed by atoms with van der Waals surface area (Å²) in [7, 11) is 0. The maximum atomic E-state index is 12.7. The van der Waals surface area contributed by atoms with Gasteiger partial charge in [-0.15, -0.1) is 0 Å². The van der Waals surface area contributed by atoms with Crippen LogP contribution in [0.1, 0.15) is 26.3 Å². The van der Waals surface area contributed by atoms with Crippen molar-refractivity contribution < 1.29 is 14.3 Å². The molecule has 0 aromatic heterocycles. The number of hydrogen-bond acceptors (Lipinski definition) is 4. The molecule has 3 rings (SSSR count). The quantitative estimate of drug-likeness (QED) is 0.818. The predicted molar refractivity (Wildman–Crippen MR) is 95.9 cm³/mol. The van der Waals surface area contributed by atoms with Crippen LogP contribution in [0.15, 0.2) is 54.6 Å². The summed E-state index contributed by atoms with van der Waals surface area (Å²) in [6, 6.07) is 16.0. The Hall–Kier alpha value is -2.50. The summed E-state index contributed by atoms with van der Waals surface area (Å²) in [5.41, 5.74) is 1.42. The number of ether oxygens (including phenoxy) is 1. The smallest absolute Gasteiger partial charge is 0.252 e. The molecule has 2 aromatic carbocycles. The first-order valence-electron chi connectivity index (χ1n) is 8.53. The van der Waals surface area contributed by atoms with Crippen molar-refractivity contribution in [1.29, 1.82) is 0 Å². The van der Waals surface area contributed by atoms with Gasteiger partial charge in [0.15, 0.2) is 5.78 Å². The third-order valence-corrected chi connectivity index (χ3v) is 4.27. The van der Waals surface area contributed by atoms with E-state index in [0.29, 0.717) is 23.2 Å². The Bertz CT molecular complexity index is 725. The molecule has 0 unspecified atom stereocenters. The lowest BCUT2D eigenvalue weighted by Crippen LogP contribution is -2.41. The average Bonchev–Trinajstić information content (AvgIpc) is 2.69. The fourth-order valence-electron chi connectivity index (χ4n) is 2.87. The Morgan fingerprint density at radius 2 is 1.56 bits per heavy atom. The summed E-state index contributed by atoms with van der Waals surface area (Å²) in [5, 5.41) is 2.92. The third-order valence-electron chi connectivity index (χ3n) is 4.27. The molecule has 25 heavy (non-hydrogen) atoms. The number of ketones is 1. The number of carbonyl (C=O) groups excluding carboxylic acids is 2. The van der Waals surface area contributed by atoms with E-state index >= 15 is 0 Å². The van der Waals surface area contributed by atoms with Gasteiger partial charge in [0.2, 0.25) is 0 Å². The van der Waals surface area contributed by atoms with Gasteiger partial charge in [0, 0.05) is 37.3 Å². The zero-order valence-electron chi connectivity index (χ0n) is 14.1. The topological polar surface area (TPSA) is 58.6 Å². The standard InChI is InChI=1S/C20H22N2O3/c23-19(16-6-2-1-3-7-16)17-8-4-5-9-18(17)20(24)21-10-11-22-12-14-25-15-13-22/h1-9H,10-15H2,(H,21,24). The first-order chi connectivity index (χ1) is 12.3. The lowest BCUT2D eigenvalue weighted by atomic mass is 9.98. The molecule has 1 aliphatic rings. The van der Waals surface area contributed by atoms with Crippen molar-refractivity contribution >= 4 is 11.7 Å². The lowest BCUT2D eigenvalue weighted by molar-refractivity contribution is 0.0383. The predicted octanol–water partition coefficient (Wildman–Crippen LogP) is 1.98. The summed E-state index contributed by atoms with van der Waals surface area (Å²) >= 11 is 0. The molecule has 0 aliphatic carbocycles. The summed E-state index contributed by atoms with van der Waals surface area (Å²) in [4.78, 5) is 27.5. The highest BCUT2D eigenvalue weighted by Crippen LogP contribution is 2.14. The van der Waals surface area contributed by atoms with Crippen LogP contribution in [0.2, 0.25) is 0 Å². The molecule has 1 amide bonds. The van der Waals surface area contributed by atoms with E-state index in [0.717, 1.165) is 32.8 Å². The minimum atomic E-state index is -0.215. The Labute approximate surface area is 147 Å². The number of rotatable bonds is 6. The van der Waals surface area contributed by atoms with Gasteiger partial charge in [-0.3, -0.25) is 14.5 Å². The van der Waals surface area contributed by atoms with E-state index < -0.39 is 0 Å². The van der Waals surface area contributed by atoms with Gasteiger partial charge < -0.3 is 10.1 Å². The van der Waals surface area contributed by atoms with Crippen LogP contribution in [-0.2, 0) is 4.74 Å². The number of carbonyl (C=O) groups is 2. The molecule has 0 saturated carbocycles. The second kappa shape index (κ2) is 8.55. The van der Waals surface area contributed by atoms with Crippen molar-refractivity contribution in [3.8, 4) is 0 Å². The molecule has 130 valence electrons. The molecule has 0 spiro atoms. The largest absolute Gasteiger partial charge is 0.379 e. The molecule has 0 bridgehead atoms. The summed E-state index contributed by atoms with van der Waals surface area (Å²) in [5.74, 6) is -0.354. The molecular formula is C20H22N2O3. The monoisotopic (exact) mass is 338 g/mol. The van der Waals surface area contributed by atoms with E-state index in [4.69, 9.17) is 4.74 Å². The van der Waals surface area contributed by atoms with Gasteiger partial charge in [0.25, 0.3) is 5.91 Å². The molecule has 0 atom stereocenters. The fourth-order valence-corrected chi connectivity index (χ4v) is 2.87. The van der Waals surface area contributed by atoms with E-state index in [1.54, 1.807) is 36.4 Å². The number of amides is 1. The third kappa shape index (κ3) is 4.53. The van der Waals surface area contributed by atoms with Crippen molar-refractivity contribution in [1.82, 2.24) is 10.2 Å². The number of nitrogens with zero attached hydrogens (tertiary/aromatic N) is 1. The van der Waals surface area contributed by atoms with Crippen molar-refractivity contribution in [3.63, 3.8) is 0 Å². The second-order valence-electron chi connectivity index (χ2n) is 5.95. The Balaban J connectivity index is 1.65. The van der Waals surface area contributed by atoms with Crippen LogP contribution >= 0.6 is 0 Å². The molecule has 5 heteroatoms. The van der Waals surface area contributed by atoms with Crippen LogP contribution in [0, 0.1) is 0 Å². The van der Waals surface area contributed by atoms with Gasteiger partial charge in [-0.05, 0) is 6.07 Å². The highest BCUT2D eigenvalue weighted by molar-refractivity contribution is 6.15. The molecule has 5 nitrogen and oxygen atoms in total. The highest BCUT2D eigenvalue weighted by Gasteiger charge is 2.18. The maximum absolute atomic E-state index is 12.7. The van der Waals surface area contributed by atoms with Gasteiger partial charge in [0.1, 0.15) is 0 Å². The average molecular weight is 338 g/mol. The highest BCUT2D eigenvalue weighted by atomic mass is 16.5. The van der Waals surface area contributed by atoms with Gasteiger partial charge in [-0.1, -0.05) is 48.5 Å². The number of morpholine rings is 1. The molecule has 1 N–H and O–H groups in total. The number of hydrogen-bond donors (Lipinski definition) is 1. The van der Waals surface area contributed by atoms with Crippen LogP contribution < -0.4 is 5.32 Å². The van der Waals surface area contributed by atoms with Gasteiger partial charge in [0.05, 0.1) is 18.8 Å². The summed E-state index contributed by atoms with van der Waals surface area (Å²) in [6.45, 7) is 4.58. The molecule has 1 heterocycles. The van der Waals surface area contributed by atoms with Gasteiger partial charge in [-0.2, -0.15) is 0 Å².